The second-order valence-electron chi connectivity index (χ2n) is 5.87. The van der Waals surface area contributed by atoms with Gasteiger partial charge in [-0.1, -0.05) is 19.1 Å². The Bertz CT molecular complexity index is 937. The van der Waals surface area contributed by atoms with Crippen LogP contribution in [0.15, 0.2) is 59.5 Å². The molecular weight excluding hydrogens is 408 g/mol. The summed E-state index contributed by atoms with van der Waals surface area (Å²) in [4.78, 5) is 27.3. The molecule has 0 fully saturated rings. The molecule has 0 spiro atoms. The van der Waals surface area contributed by atoms with E-state index in [2.05, 4.69) is 4.84 Å². The Hall–Kier alpha value is -3.51. The summed E-state index contributed by atoms with van der Waals surface area (Å²) in [6.07, 6.45) is 2.71. The third kappa shape index (κ3) is 7.48. The van der Waals surface area contributed by atoms with Gasteiger partial charge in [-0.25, -0.2) is 0 Å². The number of carbonyl (C=O) groups is 1. The predicted octanol–water partition coefficient (Wildman–Crippen LogP) is 4.98. The van der Waals surface area contributed by atoms with Crippen molar-refractivity contribution in [3.05, 3.63) is 70.3 Å². The fourth-order valence-corrected chi connectivity index (χ4v) is 2.81. The number of esters is 1. The van der Waals surface area contributed by atoms with Crippen LogP contribution in [0, 0.1) is 20.8 Å². The first-order chi connectivity index (χ1) is 14.5. The summed E-state index contributed by atoms with van der Waals surface area (Å²) in [5, 5.41) is 20.0. The highest BCUT2D eigenvalue weighted by atomic mass is 32.2. The quantitative estimate of drug-likeness (QED) is 0.0720. The molecule has 0 amide bonds. The number of hydrogen-bond donors (Lipinski definition) is 0. The Labute approximate surface area is 178 Å². The fraction of sp³-hybridized carbons (Fsp3) is 0.238. The number of para-hydroxylation sites is 1. The number of rotatable bonds is 11. The van der Waals surface area contributed by atoms with Crippen LogP contribution in [-0.4, -0.2) is 17.7 Å². The van der Waals surface area contributed by atoms with E-state index in [9.17, 15) is 14.9 Å². The molecule has 0 saturated heterocycles. The van der Waals surface area contributed by atoms with Crippen LogP contribution >= 0.6 is 11.8 Å². The third-order valence-corrected chi connectivity index (χ3v) is 4.30. The first-order valence-electron chi connectivity index (χ1n) is 9.15. The molecule has 9 heteroatoms. The molecular formula is C21H20N2O6S. The van der Waals surface area contributed by atoms with Gasteiger partial charge in [0.15, 0.2) is 0 Å². The van der Waals surface area contributed by atoms with Gasteiger partial charge in [0.1, 0.15) is 22.7 Å². The minimum atomic E-state index is -0.897. The van der Waals surface area contributed by atoms with E-state index >= 15 is 0 Å². The largest absolute Gasteiger partial charge is 0.457 e. The molecule has 2 aromatic carbocycles. The van der Waals surface area contributed by atoms with Gasteiger partial charge in [-0.15, -0.1) is 10.1 Å². The average molecular weight is 428 g/mol. The molecule has 0 aliphatic carbocycles. The summed E-state index contributed by atoms with van der Waals surface area (Å²) in [5.74, 6) is 0.908. The lowest BCUT2D eigenvalue weighted by molar-refractivity contribution is -0.757. The van der Waals surface area contributed by atoms with E-state index in [4.69, 9.17) is 14.7 Å². The first kappa shape index (κ1) is 22.8. The molecule has 0 heterocycles. The summed E-state index contributed by atoms with van der Waals surface area (Å²) in [6, 6.07) is 14.0. The van der Waals surface area contributed by atoms with Crippen molar-refractivity contribution in [3.63, 3.8) is 0 Å². The monoisotopic (exact) mass is 428 g/mol. The molecule has 2 aromatic rings. The van der Waals surface area contributed by atoms with Crippen molar-refractivity contribution in [1.82, 2.24) is 0 Å². The molecule has 0 unspecified atom stereocenters. The van der Waals surface area contributed by atoms with Crippen LogP contribution in [0.2, 0.25) is 0 Å². The van der Waals surface area contributed by atoms with E-state index < -0.39 is 11.1 Å². The smallest absolute Gasteiger partial charge is 0.311 e. The van der Waals surface area contributed by atoms with E-state index in [-0.39, 0.29) is 19.4 Å². The predicted molar refractivity (Wildman–Crippen MR) is 111 cm³/mol. The zero-order valence-corrected chi connectivity index (χ0v) is 17.1. The van der Waals surface area contributed by atoms with Crippen molar-refractivity contribution in [1.29, 1.82) is 5.26 Å². The van der Waals surface area contributed by atoms with Crippen LogP contribution in [-0.2, 0) is 9.63 Å². The lowest BCUT2D eigenvalue weighted by atomic mass is 10.1. The second kappa shape index (κ2) is 12.1. The van der Waals surface area contributed by atoms with Crippen molar-refractivity contribution in [3.8, 4) is 16.9 Å². The van der Waals surface area contributed by atoms with Crippen molar-refractivity contribution in [2.45, 2.75) is 31.1 Å². The van der Waals surface area contributed by atoms with E-state index in [1.54, 1.807) is 48.5 Å². The molecule has 2 rings (SSSR count). The highest BCUT2D eigenvalue weighted by Gasteiger charge is 2.14. The van der Waals surface area contributed by atoms with Gasteiger partial charge in [-0.2, -0.15) is 5.26 Å². The number of hydrogen-bond acceptors (Lipinski definition) is 8. The highest BCUT2D eigenvalue weighted by Crippen LogP contribution is 2.30. The summed E-state index contributed by atoms with van der Waals surface area (Å²) >= 11 is 1.06. The van der Waals surface area contributed by atoms with Gasteiger partial charge in [0.25, 0.3) is 5.09 Å². The van der Waals surface area contributed by atoms with Crippen LogP contribution in [0.3, 0.4) is 0 Å². The molecule has 0 bridgehead atoms. The summed E-state index contributed by atoms with van der Waals surface area (Å²) < 4.78 is 11.4. The van der Waals surface area contributed by atoms with Gasteiger partial charge in [0.2, 0.25) is 0 Å². The Morgan fingerprint density at radius 3 is 2.60 bits per heavy atom. The van der Waals surface area contributed by atoms with Crippen molar-refractivity contribution >= 4 is 23.5 Å². The maximum absolute atomic E-state index is 12.1. The molecule has 8 nitrogen and oxygen atoms in total. The second-order valence-corrected chi connectivity index (χ2v) is 6.73. The van der Waals surface area contributed by atoms with Gasteiger partial charge in [0, 0.05) is 11.3 Å². The Kier molecular flexibility index (Phi) is 9.21. The van der Waals surface area contributed by atoms with Crippen molar-refractivity contribution in [2.24, 2.45) is 0 Å². The van der Waals surface area contributed by atoms with Crippen LogP contribution in [0.5, 0.6) is 11.5 Å². The van der Waals surface area contributed by atoms with Crippen molar-refractivity contribution in [2.75, 3.05) is 6.61 Å². The Balaban J connectivity index is 2.11. The first-order valence-corrected chi connectivity index (χ1v) is 9.96. The lowest BCUT2D eigenvalue weighted by Crippen LogP contribution is -2.12. The van der Waals surface area contributed by atoms with E-state index in [1.807, 2.05) is 18.4 Å². The Morgan fingerprint density at radius 1 is 1.20 bits per heavy atom. The van der Waals surface area contributed by atoms with Gasteiger partial charge in [-0.05, 0) is 67.1 Å². The van der Waals surface area contributed by atoms with E-state index in [1.165, 1.54) is 0 Å². The van der Waals surface area contributed by atoms with Gasteiger partial charge in [-0.3, -0.25) is 4.79 Å². The normalized spacial score (nSPS) is 10.7. The minimum absolute atomic E-state index is 0.0200. The number of benzene rings is 2. The summed E-state index contributed by atoms with van der Waals surface area (Å²) in [6.45, 7) is 1.79. The summed E-state index contributed by atoms with van der Waals surface area (Å²) in [7, 11) is 0. The van der Waals surface area contributed by atoms with Gasteiger partial charge in [0.05, 0.1) is 12.2 Å². The zero-order chi connectivity index (χ0) is 21.8. The fourth-order valence-electron chi connectivity index (χ4n) is 2.44. The number of thiocyanates is 1. The van der Waals surface area contributed by atoms with Crippen LogP contribution < -0.4 is 9.47 Å². The van der Waals surface area contributed by atoms with E-state index in [0.29, 0.717) is 29.2 Å². The van der Waals surface area contributed by atoms with Crippen LogP contribution in [0.4, 0.5) is 0 Å². The molecule has 0 radical (unpaired) electrons. The Morgan fingerprint density at radius 2 is 1.93 bits per heavy atom. The number of nitriles is 1. The molecule has 0 aliphatic rings. The minimum Gasteiger partial charge on any atom is -0.457 e. The number of allylic oxidation sites excluding steroid dienone is 1. The SMILES string of the molecule is CC/C=C(/Oc1ccc(SC#N)cc1)c1ccccc1OC(=O)CCCO[N+](=O)[O-]. The number of nitrogens with zero attached hydrogens (tertiary/aromatic N) is 2. The van der Waals surface area contributed by atoms with Crippen molar-refractivity contribution < 1.29 is 24.2 Å². The van der Waals surface area contributed by atoms with E-state index in [0.717, 1.165) is 16.7 Å². The lowest BCUT2D eigenvalue weighted by Gasteiger charge is -2.14. The average Bonchev–Trinajstić information content (AvgIpc) is 2.73. The molecule has 0 saturated carbocycles. The number of thioether (sulfide) groups is 1. The third-order valence-electron chi connectivity index (χ3n) is 3.70. The topological polar surface area (TPSA) is 112 Å². The summed E-state index contributed by atoms with van der Waals surface area (Å²) in [5.41, 5.74) is 0.602. The molecule has 0 aliphatic heterocycles. The molecule has 0 N–H and O–H groups in total. The maximum atomic E-state index is 12.1. The molecule has 0 atom stereocenters. The van der Waals surface area contributed by atoms with Gasteiger partial charge < -0.3 is 14.3 Å². The number of carbonyl (C=O) groups excluding carboxylic acids is 1. The highest BCUT2D eigenvalue weighted by molar-refractivity contribution is 8.03. The molecule has 0 aromatic heterocycles. The number of ether oxygens (including phenoxy) is 2. The van der Waals surface area contributed by atoms with Gasteiger partial charge >= 0.3 is 5.97 Å². The maximum Gasteiger partial charge on any atom is 0.311 e. The zero-order valence-electron chi connectivity index (χ0n) is 16.3. The standard InChI is InChI=1S/C21H20N2O6S/c1-2-6-19(28-16-10-12-17(13-11-16)30-15-22)18-7-3-4-8-20(18)29-21(24)9-5-14-27-23(25)26/h3-4,6-8,10-13H,2,5,9,14H2,1H3/b19-6+. The van der Waals surface area contributed by atoms with Crippen LogP contribution in [0.1, 0.15) is 31.7 Å². The molecule has 156 valence electrons. The molecule has 30 heavy (non-hydrogen) atoms. The van der Waals surface area contributed by atoms with Crippen LogP contribution in [0.25, 0.3) is 5.76 Å².